The molecule has 0 bridgehead atoms. The number of aromatic nitrogens is 4. The molecule has 10 heteroatoms. The second kappa shape index (κ2) is 8.83. The molecule has 0 amide bonds. The lowest BCUT2D eigenvalue weighted by molar-refractivity contribution is 0.215. The average Bonchev–Trinajstić information content (AvgIpc) is 3.61. The van der Waals surface area contributed by atoms with Gasteiger partial charge in [-0.05, 0) is 29.1 Å². The van der Waals surface area contributed by atoms with Crippen molar-refractivity contribution in [2.45, 2.75) is 6.54 Å². The molecule has 7 nitrogen and oxygen atoms in total. The third kappa shape index (κ3) is 4.13. The topological polar surface area (TPSA) is 71.2 Å². The molecule has 0 unspecified atom stereocenters. The summed E-state index contributed by atoms with van der Waals surface area (Å²) in [7, 11) is 0. The fraction of sp³-hybridized carbons (Fsp3) is 0.217. The Bertz CT molecular complexity index is 1370. The lowest BCUT2D eigenvalue weighted by atomic mass is 10.1. The number of halogens is 1. The van der Waals surface area contributed by atoms with Gasteiger partial charge in [0.1, 0.15) is 17.0 Å². The van der Waals surface area contributed by atoms with Crippen LogP contribution in [0.25, 0.3) is 32.0 Å². The van der Waals surface area contributed by atoms with Crippen molar-refractivity contribution in [3.63, 3.8) is 0 Å². The molecule has 1 aliphatic rings. The van der Waals surface area contributed by atoms with E-state index in [1.165, 1.54) is 0 Å². The van der Waals surface area contributed by atoms with Crippen LogP contribution < -0.4 is 4.90 Å². The van der Waals surface area contributed by atoms with Crippen LogP contribution in [0.4, 0.5) is 5.82 Å². The maximum atomic E-state index is 6.09. The molecule has 5 aromatic rings. The van der Waals surface area contributed by atoms with E-state index in [2.05, 4.69) is 35.3 Å². The van der Waals surface area contributed by atoms with Gasteiger partial charge in [0, 0.05) is 42.1 Å². The van der Waals surface area contributed by atoms with E-state index in [-0.39, 0.29) is 0 Å². The Labute approximate surface area is 203 Å². The highest BCUT2D eigenvalue weighted by molar-refractivity contribution is 7.17. The lowest BCUT2D eigenvalue weighted by Gasteiger charge is -2.35. The van der Waals surface area contributed by atoms with Gasteiger partial charge >= 0.3 is 0 Å². The van der Waals surface area contributed by atoms with Gasteiger partial charge in [-0.2, -0.15) is 4.98 Å². The zero-order valence-electron chi connectivity index (χ0n) is 17.5. The first-order valence-electron chi connectivity index (χ1n) is 10.6. The summed E-state index contributed by atoms with van der Waals surface area (Å²) in [4.78, 5) is 20.5. The van der Waals surface area contributed by atoms with Crippen LogP contribution in [-0.4, -0.2) is 51.2 Å². The van der Waals surface area contributed by atoms with E-state index in [0.717, 1.165) is 63.2 Å². The molecule has 0 aliphatic carbocycles. The number of hydrogen-bond donors (Lipinski definition) is 0. The summed E-state index contributed by atoms with van der Waals surface area (Å²) in [6.45, 7) is 4.17. The Kier molecular flexibility index (Phi) is 5.55. The standard InChI is InChI=1S/C23H19ClN6OS2/c24-16-5-3-15(4-6-16)17-13-33-23-20(17)22(25-14-26-23)30-9-7-29(8-10-30)12-19-27-21(28-31-19)18-2-1-11-32-18/h1-6,11,13-14H,7-10,12H2. The van der Waals surface area contributed by atoms with E-state index in [1.54, 1.807) is 29.0 Å². The Hall–Kier alpha value is -2.85. The Morgan fingerprint density at radius 3 is 2.64 bits per heavy atom. The SMILES string of the molecule is Clc1ccc(-c2csc3ncnc(N4CCN(Cc5nc(-c6cccs6)no5)CC4)c23)cc1. The fourth-order valence-corrected chi connectivity index (χ4v) is 5.76. The zero-order valence-corrected chi connectivity index (χ0v) is 19.9. The molecule has 4 aromatic heterocycles. The van der Waals surface area contributed by atoms with Gasteiger partial charge in [-0.15, -0.1) is 22.7 Å². The molecule has 1 saturated heterocycles. The molecular weight excluding hydrogens is 476 g/mol. The minimum absolute atomic E-state index is 0.652. The minimum atomic E-state index is 0.652. The molecule has 0 radical (unpaired) electrons. The van der Waals surface area contributed by atoms with E-state index in [9.17, 15) is 0 Å². The first kappa shape index (κ1) is 20.7. The van der Waals surface area contributed by atoms with Gasteiger partial charge in [-0.25, -0.2) is 9.97 Å². The summed E-state index contributed by atoms with van der Waals surface area (Å²) in [6.07, 6.45) is 1.66. The van der Waals surface area contributed by atoms with Crippen LogP contribution in [0.1, 0.15) is 5.89 Å². The second-order valence-corrected chi connectivity index (χ2v) is 10.0. The average molecular weight is 495 g/mol. The fourth-order valence-electron chi connectivity index (χ4n) is 4.08. The number of fused-ring (bicyclic) bond motifs is 1. The van der Waals surface area contributed by atoms with Crippen LogP contribution >= 0.6 is 34.3 Å². The molecule has 5 heterocycles. The van der Waals surface area contributed by atoms with Gasteiger partial charge in [0.2, 0.25) is 11.7 Å². The Morgan fingerprint density at radius 2 is 1.85 bits per heavy atom. The second-order valence-electron chi connectivity index (χ2n) is 7.79. The van der Waals surface area contributed by atoms with Crippen molar-refractivity contribution < 1.29 is 4.52 Å². The van der Waals surface area contributed by atoms with Gasteiger partial charge in [0.05, 0.1) is 16.8 Å². The predicted molar refractivity (Wildman–Crippen MR) is 133 cm³/mol. The third-order valence-electron chi connectivity index (χ3n) is 5.75. The van der Waals surface area contributed by atoms with Crippen LogP contribution in [0.5, 0.6) is 0 Å². The quantitative estimate of drug-likeness (QED) is 0.322. The summed E-state index contributed by atoms with van der Waals surface area (Å²) in [5, 5.41) is 10.1. The van der Waals surface area contributed by atoms with Crippen LogP contribution in [0.2, 0.25) is 5.02 Å². The van der Waals surface area contributed by atoms with E-state index in [1.807, 2.05) is 41.8 Å². The Balaban J connectivity index is 1.19. The summed E-state index contributed by atoms with van der Waals surface area (Å²) in [5.74, 6) is 2.30. The molecule has 6 rings (SSSR count). The van der Waals surface area contributed by atoms with Crippen molar-refractivity contribution in [3.05, 3.63) is 64.4 Å². The lowest BCUT2D eigenvalue weighted by Crippen LogP contribution is -2.46. The van der Waals surface area contributed by atoms with Gasteiger partial charge in [-0.3, -0.25) is 4.90 Å². The van der Waals surface area contributed by atoms with Crippen molar-refractivity contribution in [3.8, 4) is 21.8 Å². The number of hydrogen-bond acceptors (Lipinski definition) is 9. The number of piperazine rings is 1. The summed E-state index contributed by atoms with van der Waals surface area (Å²) in [6, 6.07) is 11.9. The maximum Gasteiger partial charge on any atom is 0.241 e. The normalized spacial score (nSPS) is 14.9. The molecule has 0 atom stereocenters. The highest BCUT2D eigenvalue weighted by atomic mass is 35.5. The number of benzene rings is 1. The van der Waals surface area contributed by atoms with Crippen molar-refractivity contribution in [2.75, 3.05) is 31.1 Å². The maximum absolute atomic E-state index is 6.09. The van der Waals surface area contributed by atoms with E-state index < -0.39 is 0 Å². The molecule has 0 saturated carbocycles. The largest absolute Gasteiger partial charge is 0.353 e. The van der Waals surface area contributed by atoms with Gasteiger partial charge in [-0.1, -0.05) is 35.0 Å². The first-order valence-corrected chi connectivity index (χ1v) is 12.7. The molecule has 33 heavy (non-hydrogen) atoms. The molecule has 0 spiro atoms. The monoisotopic (exact) mass is 494 g/mol. The smallest absolute Gasteiger partial charge is 0.241 e. The van der Waals surface area contributed by atoms with Crippen molar-refractivity contribution in [2.24, 2.45) is 0 Å². The predicted octanol–water partition coefficient (Wildman–Crippen LogP) is 5.45. The van der Waals surface area contributed by atoms with E-state index >= 15 is 0 Å². The van der Waals surface area contributed by atoms with Crippen LogP contribution in [0, 0.1) is 0 Å². The minimum Gasteiger partial charge on any atom is -0.353 e. The molecule has 0 N–H and O–H groups in total. The van der Waals surface area contributed by atoms with E-state index in [0.29, 0.717) is 18.3 Å². The van der Waals surface area contributed by atoms with Gasteiger partial charge in [0.15, 0.2) is 0 Å². The van der Waals surface area contributed by atoms with Crippen LogP contribution in [0.3, 0.4) is 0 Å². The number of anilines is 1. The summed E-state index contributed by atoms with van der Waals surface area (Å²) >= 11 is 9.35. The van der Waals surface area contributed by atoms with Crippen molar-refractivity contribution in [1.82, 2.24) is 25.0 Å². The Morgan fingerprint density at radius 1 is 1.00 bits per heavy atom. The van der Waals surface area contributed by atoms with Gasteiger partial charge < -0.3 is 9.42 Å². The molecule has 1 aromatic carbocycles. The number of nitrogens with zero attached hydrogens (tertiary/aromatic N) is 6. The van der Waals surface area contributed by atoms with Gasteiger partial charge in [0.25, 0.3) is 0 Å². The molecule has 166 valence electrons. The first-order chi connectivity index (χ1) is 16.2. The van der Waals surface area contributed by atoms with Crippen LogP contribution in [0.15, 0.2) is 58.0 Å². The highest BCUT2D eigenvalue weighted by Crippen LogP contribution is 2.38. The number of thiophene rings is 2. The number of rotatable bonds is 5. The summed E-state index contributed by atoms with van der Waals surface area (Å²) < 4.78 is 5.48. The molecular formula is C23H19ClN6OS2. The third-order valence-corrected chi connectivity index (χ3v) is 7.75. The molecule has 1 aliphatic heterocycles. The van der Waals surface area contributed by atoms with Crippen molar-refractivity contribution >= 4 is 50.3 Å². The highest BCUT2D eigenvalue weighted by Gasteiger charge is 2.24. The van der Waals surface area contributed by atoms with Crippen LogP contribution in [-0.2, 0) is 6.54 Å². The summed E-state index contributed by atoms with van der Waals surface area (Å²) in [5.41, 5.74) is 2.27. The molecule has 1 fully saturated rings. The van der Waals surface area contributed by atoms with Crippen molar-refractivity contribution in [1.29, 1.82) is 0 Å². The zero-order chi connectivity index (χ0) is 22.2. The van der Waals surface area contributed by atoms with E-state index in [4.69, 9.17) is 16.1 Å².